The van der Waals surface area contributed by atoms with Crippen molar-refractivity contribution in [1.82, 2.24) is 0 Å². The molecule has 0 spiro atoms. The fourth-order valence-corrected chi connectivity index (χ4v) is 7.75. The summed E-state index contributed by atoms with van der Waals surface area (Å²) in [5.74, 6) is -1.03. The second-order valence-electron chi connectivity index (χ2n) is 9.90. The first-order valence-electron chi connectivity index (χ1n) is 13.2. The van der Waals surface area contributed by atoms with Crippen LogP contribution in [0.2, 0.25) is 0 Å². The molecule has 2 aliphatic carbocycles. The number of halogens is 3. The first-order valence-corrected chi connectivity index (χ1v) is 14.4. The number of rotatable bonds is 7. The molecular weight excluding hydrogens is 557 g/mol. The van der Waals surface area contributed by atoms with Gasteiger partial charge in [-0.2, -0.15) is 13.2 Å². The predicted molar refractivity (Wildman–Crippen MR) is 149 cm³/mol. The van der Waals surface area contributed by atoms with Crippen LogP contribution in [-0.4, -0.2) is 37.4 Å². The molecule has 0 radical (unpaired) electrons. The molecule has 212 valence electrons. The lowest BCUT2D eigenvalue weighted by molar-refractivity contribution is -0.163. The molecule has 1 saturated carbocycles. The third kappa shape index (κ3) is 5.49. The molecule has 3 aromatic rings. The number of allylic oxidation sites excluding steroid dienone is 2. The highest BCUT2D eigenvalue weighted by Crippen LogP contribution is 2.48. The van der Waals surface area contributed by atoms with Crippen molar-refractivity contribution in [2.75, 3.05) is 13.7 Å². The van der Waals surface area contributed by atoms with Crippen LogP contribution in [0.1, 0.15) is 59.8 Å². The van der Waals surface area contributed by atoms with Crippen molar-refractivity contribution in [1.29, 1.82) is 0 Å². The van der Waals surface area contributed by atoms with Gasteiger partial charge in [0.05, 0.1) is 29.2 Å². The van der Waals surface area contributed by atoms with Crippen molar-refractivity contribution in [2.24, 2.45) is 0 Å². The van der Waals surface area contributed by atoms with Gasteiger partial charge in [-0.25, -0.2) is 14.4 Å². The Balaban J connectivity index is 1.53. The number of benzene rings is 2. The first kappa shape index (κ1) is 28.5. The highest BCUT2D eigenvalue weighted by Gasteiger charge is 2.43. The lowest BCUT2D eigenvalue weighted by Crippen LogP contribution is -2.33. The van der Waals surface area contributed by atoms with E-state index in [9.17, 15) is 27.6 Å². The van der Waals surface area contributed by atoms with Crippen LogP contribution in [0.15, 0.2) is 58.9 Å². The standard InChI is InChI=1S/C31H27F3O6S/c1-3-30(14-6-7-15-30)40-27(35)18-39-29(37)19-10-12-23(38-2)26(16-19)41-24-9-5-4-8-21(24)28(36)22-17-20(31(32,33)34)11-13-25(22)41/h4-5,8-13,16H,3,6-7,14-15,18H2,1-2H3/q+2. The molecule has 0 amide bonds. The molecule has 0 aliphatic heterocycles. The van der Waals surface area contributed by atoms with Crippen molar-refractivity contribution in [2.45, 2.75) is 50.8 Å². The topological polar surface area (TPSA) is 78.9 Å². The van der Waals surface area contributed by atoms with Crippen LogP contribution in [0, 0.1) is 6.08 Å². The van der Waals surface area contributed by atoms with Gasteiger partial charge in [-0.05, 0) is 50.3 Å². The molecule has 1 heterocycles. The molecule has 0 bridgehead atoms. The Kier molecular flexibility index (Phi) is 7.72. The molecule has 0 saturated heterocycles. The predicted octanol–water partition coefficient (Wildman–Crippen LogP) is 7.04. The maximum Gasteiger partial charge on any atom is 0.443 e. The van der Waals surface area contributed by atoms with Crippen LogP contribution in [0.3, 0.4) is 0 Å². The molecule has 1 aromatic heterocycles. The molecule has 2 aliphatic rings. The van der Waals surface area contributed by atoms with Gasteiger partial charge in [0.2, 0.25) is 9.60 Å². The van der Waals surface area contributed by atoms with Crippen LogP contribution in [0.5, 0.6) is 5.75 Å². The Bertz CT molecular complexity index is 1640. The van der Waals surface area contributed by atoms with Gasteiger partial charge in [0, 0.05) is 24.3 Å². The molecule has 6 nitrogen and oxygen atoms in total. The Hall–Kier alpha value is -4.01. The van der Waals surface area contributed by atoms with Gasteiger partial charge in [0.15, 0.2) is 17.9 Å². The van der Waals surface area contributed by atoms with Crippen LogP contribution in [0.4, 0.5) is 13.2 Å². The summed E-state index contributed by atoms with van der Waals surface area (Å²) in [7, 11) is 0.315. The summed E-state index contributed by atoms with van der Waals surface area (Å²) < 4.78 is 57.6. The number of carbonyl (C=O) groups excluding carboxylic acids is 2. The zero-order valence-corrected chi connectivity index (χ0v) is 23.2. The van der Waals surface area contributed by atoms with Gasteiger partial charge in [-0.1, -0.05) is 19.1 Å². The summed E-state index contributed by atoms with van der Waals surface area (Å²) in [5, 5.41) is 0.244. The van der Waals surface area contributed by atoms with E-state index in [1.54, 1.807) is 30.3 Å². The number of ether oxygens (including phenoxy) is 3. The highest BCUT2D eigenvalue weighted by atomic mass is 32.2. The second-order valence-corrected chi connectivity index (χ2v) is 11.8. The monoisotopic (exact) mass is 584 g/mol. The largest absolute Gasteiger partial charge is 0.491 e. The molecule has 1 unspecified atom stereocenters. The molecule has 1 fully saturated rings. The van der Waals surface area contributed by atoms with E-state index < -0.39 is 51.8 Å². The lowest BCUT2D eigenvalue weighted by atomic mass is 9.99. The Morgan fingerprint density at radius 2 is 1.80 bits per heavy atom. The van der Waals surface area contributed by atoms with E-state index in [1.165, 1.54) is 25.3 Å². The van der Waals surface area contributed by atoms with Gasteiger partial charge < -0.3 is 14.2 Å². The molecule has 1 atom stereocenters. The summed E-state index contributed by atoms with van der Waals surface area (Å²) in [6.45, 7) is 1.41. The number of hydrogen-bond acceptors (Lipinski definition) is 6. The zero-order valence-electron chi connectivity index (χ0n) is 22.4. The third-order valence-electron chi connectivity index (χ3n) is 7.44. The minimum atomic E-state index is -4.68. The SMILES string of the molecule is CCC1(OC(=O)COC(=O)c2ccc(OC)c(-[s+]3c4c(c(=O)c5ccccc53)[C+]=C(C(F)(F)F)C=C4)c2)CCCC1. The van der Waals surface area contributed by atoms with Crippen molar-refractivity contribution in [3.05, 3.63) is 86.4 Å². The van der Waals surface area contributed by atoms with Crippen molar-refractivity contribution < 1.29 is 37.0 Å². The van der Waals surface area contributed by atoms with Crippen molar-refractivity contribution in [3.63, 3.8) is 0 Å². The van der Waals surface area contributed by atoms with E-state index in [0.717, 1.165) is 31.8 Å². The molecule has 10 heteroatoms. The summed E-state index contributed by atoms with van der Waals surface area (Å²) in [5.41, 5.74) is -2.20. The number of esters is 2. The average Bonchev–Trinajstić information content (AvgIpc) is 3.44. The summed E-state index contributed by atoms with van der Waals surface area (Å²) >= 11 is 0. The van der Waals surface area contributed by atoms with Crippen LogP contribution in [0.25, 0.3) is 21.1 Å². The lowest BCUT2D eigenvalue weighted by Gasteiger charge is -2.27. The number of alkyl halides is 3. The number of carbonyl (C=O) groups is 2. The van der Waals surface area contributed by atoms with Crippen LogP contribution in [-0.2, 0) is 14.3 Å². The van der Waals surface area contributed by atoms with Crippen molar-refractivity contribution in [3.8, 4) is 10.6 Å². The zero-order chi connectivity index (χ0) is 29.4. The van der Waals surface area contributed by atoms with E-state index in [-0.39, 0.29) is 16.5 Å². The molecular formula is C31H27F3O6S+2. The Labute approximate surface area is 237 Å². The fourth-order valence-electron chi connectivity index (χ4n) is 5.30. The van der Waals surface area contributed by atoms with E-state index in [1.807, 2.05) is 6.92 Å². The number of fused-ring (bicyclic) bond motifs is 2. The van der Waals surface area contributed by atoms with E-state index in [2.05, 4.69) is 6.08 Å². The summed E-state index contributed by atoms with van der Waals surface area (Å²) in [6, 6.07) is 11.2. The van der Waals surface area contributed by atoms with E-state index in [4.69, 9.17) is 14.2 Å². The van der Waals surface area contributed by atoms with E-state index in [0.29, 0.717) is 26.6 Å². The first-order chi connectivity index (χ1) is 19.6. The minimum Gasteiger partial charge on any atom is -0.491 e. The van der Waals surface area contributed by atoms with Crippen molar-refractivity contribution >= 4 is 38.6 Å². The van der Waals surface area contributed by atoms with Gasteiger partial charge in [0.1, 0.15) is 11.0 Å². The summed E-state index contributed by atoms with van der Waals surface area (Å²) in [4.78, 5) is 39.6. The fraction of sp³-hybridized carbons (Fsp3) is 0.323. The maximum atomic E-state index is 13.5. The van der Waals surface area contributed by atoms with Gasteiger partial charge in [-0.3, -0.25) is 0 Å². The average molecular weight is 585 g/mol. The summed E-state index contributed by atoms with van der Waals surface area (Å²) in [6.07, 6.45) is 3.97. The highest BCUT2D eigenvalue weighted by molar-refractivity contribution is 7.45. The van der Waals surface area contributed by atoms with Crippen LogP contribution < -0.4 is 10.2 Å². The minimum absolute atomic E-state index is 0.110. The molecule has 41 heavy (non-hydrogen) atoms. The number of methoxy groups -OCH3 is 1. The second kappa shape index (κ2) is 11.1. The maximum absolute atomic E-state index is 13.5. The van der Waals surface area contributed by atoms with Gasteiger partial charge in [-0.15, -0.1) is 0 Å². The van der Waals surface area contributed by atoms with Crippen LogP contribution >= 0.6 is 10.5 Å². The molecule has 2 aromatic carbocycles. The Morgan fingerprint density at radius 1 is 1.07 bits per heavy atom. The van der Waals surface area contributed by atoms with E-state index >= 15 is 0 Å². The molecule has 5 rings (SSSR count). The Morgan fingerprint density at radius 3 is 2.49 bits per heavy atom. The normalized spacial score (nSPS) is 16.0. The smallest absolute Gasteiger partial charge is 0.443 e. The number of hydrogen-bond donors (Lipinski definition) is 0. The molecule has 0 N–H and O–H groups in total. The third-order valence-corrected chi connectivity index (χ3v) is 9.78. The van der Waals surface area contributed by atoms with Gasteiger partial charge >= 0.3 is 18.1 Å². The van der Waals surface area contributed by atoms with Gasteiger partial charge in [0.25, 0.3) is 15.9 Å². The quantitative estimate of drug-likeness (QED) is 0.169.